The van der Waals surface area contributed by atoms with E-state index in [1.807, 2.05) is 0 Å². The first kappa shape index (κ1) is 16.6. The Morgan fingerprint density at radius 1 is 1.17 bits per heavy atom. The molecule has 1 aromatic heterocycles. The molecule has 7 nitrogen and oxygen atoms in total. The number of halogens is 1. The van der Waals surface area contributed by atoms with E-state index in [2.05, 4.69) is 37.1 Å². The van der Waals surface area contributed by atoms with Crippen molar-refractivity contribution in [2.24, 2.45) is 0 Å². The molecule has 0 saturated heterocycles. The molecule has 0 bridgehead atoms. The number of carbonyl (C=O) groups is 3. The van der Waals surface area contributed by atoms with Gasteiger partial charge in [-0.25, -0.2) is 0 Å². The van der Waals surface area contributed by atoms with Gasteiger partial charge in [-0.2, -0.15) is 0 Å². The summed E-state index contributed by atoms with van der Waals surface area (Å²) in [5, 5.41) is 2.77. The number of nitrogens with one attached hydrogen (secondary N) is 4. The van der Waals surface area contributed by atoms with Gasteiger partial charge in [0.25, 0.3) is 11.8 Å². The van der Waals surface area contributed by atoms with Crippen molar-refractivity contribution in [2.75, 3.05) is 11.1 Å². The van der Waals surface area contributed by atoms with Gasteiger partial charge < -0.3 is 10.3 Å². The maximum atomic E-state index is 12.2. The van der Waals surface area contributed by atoms with E-state index in [0.717, 1.165) is 9.37 Å². The Labute approximate surface area is 150 Å². The van der Waals surface area contributed by atoms with Crippen molar-refractivity contribution in [2.45, 2.75) is 11.3 Å². The highest BCUT2D eigenvalue weighted by molar-refractivity contribution is 9.10. The third-order valence-corrected chi connectivity index (χ3v) is 4.82. The van der Waals surface area contributed by atoms with Gasteiger partial charge in [-0.15, -0.1) is 11.8 Å². The molecule has 0 radical (unpaired) electrons. The van der Waals surface area contributed by atoms with E-state index in [0.29, 0.717) is 29.1 Å². The number of hydrogen-bond acceptors (Lipinski definition) is 4. The average molecular weight is 409 g/mol. The van der Waals surface area contributed by atoms with Crippen LogP contribution in [0.3, 0.4) is 0 Å². The molecule has 0 atom stereocenters. The SMILES string of the molecule is O=C1CCSc2ccc(C(=O)NNC(=O)c3cc(Br)c[nH]3)cc2N1. The zero-order chi connectivity index (χ0) is 17.1. The van der Waals surface area contributed by atoms with Crippen LogP contribution in [-0.2, 0) is 4.79 Å². The van der Waals surface area contributed by atoms with E-state index in [1.165, 1.54) is 0 Å². The normalized spacial score (nSPS) is 13.5. The van der Waals surface area contributed by atoms with Crippen molar-refractivity contribution in [3.63, 3.8) is 0 Å². The number of H-pyrrole nitrogens is 1. The summed E-state index contributed by atoms with van der Waals surface area (Å²) in [5.41, 5.74) is 5.93. The van der Waals surface area contributed by atoms with E-state index in [9.17, 15) is 14.4 Å². The molecule has 1 aliphatic heterocycles. The number of carbonyl (C=O) groups excluding carboxylic acids is 3. The van der Waals surface area contributed by atoms with Crippen LogP contribution < -0.4 is 16.2 Å². The van der Waals surface area contributed by atoms with E-state index in [-0.39, 0.29) is 5.91 Å². The minimum absolute atomic E-state index is 0.0792. The number of amides is 3. The number of benzene rings is 1. The number of hydrazine groups is 1. The fourth-order valence-electron chi connectivity index (χ4n) is 2.11. The molecule has 0 aliphatic carbocycles. The van der Waals surface area contributed by atoms with Crippen LogP contribution >= 0.6 is 27.7 Å². The molecule has 0 unspecified atom stereocenters. The number of thioether (sulfide) groups is 1. The lowest BCUT2D eigenvalue weighted by Gasteiger charge is -2.10. The van der Waals surface area contributed by atoms with Gasteiger partial charge >= 0.3 is 0 Å². The Morgan fingerprint density at radius 2 is 1.96 bits per heavy atom. The Kier molecular flexibility index (Phi) is 4.91. The number of rotatable bonds is 2. The van der Waals surface area contributed by atoms with Crippen molar-refractivity contribution < 1.29 is 14.4 Å². The summed E-state index contributed by atoms with van der Waals surface area (Å²) < 4.78 is 0.734. The van der Waals surface area contributed by atoms with Gasteiger partial charge in [-0.3, -0.25) is 25.2 Å². The van der Waals surface area contributed by atoms with Crippen LogP contribution in [0.4, 0.5) is 5.69 Å². The molecule has 124 valence electrons. The molecule has 24 heavy (non-hydrogen) atoms. The zero-order valence-corrected chi connectivity index (χ0v) is 14.7. The summed E-state index contributed by atoms with van der Waals surface area (Å²) in [6.07, 6.45) is 2.05. The highest BCUT2D eigenvalue weighted by atomic mass is 79.9. The van der Waals surface area contributed by atoms with Gasteiger partial charge in [-0.05, 0) is 40.2 Å². The predicted octanol–water partition coefficient (Wildman–Crippen LogP) is 2.29. The standard InChI is InChI=1S/C15H13BrN4O3S/c16-9-6-11(17-7-9)15(23)20-19-14(22)8-1-2-12-10(5-8)18-13(21)3-4-24-12/h1-2,5-7,17H,3-4H2,(H,18,21)(H,19,22)(H,20,23). The van der Waals surface area contributed by atoms with Gasteiger partial charge in [-0.1, -0.05) is 0 Å². The molecule has 2 heterocycles. The van der Waals surface area contributed by atoms with Crippen LogP contribution in [0.15, 0.2) is 39.8 Å². The Balaban J connectivity index is 1.67. The summed E-state index contributed by atoms with van der Waals surface area (Å²) in [7, 11) is 0. The van der Waals surface area contributed by atoms with Gasteiger partial charge in [0.15, 0.2) is 0 Å². The summed E-state index contributed by atoms with van der Waals surface area (Å²) >= 11 is 4.79. The number of aromatic nitrogens is 1. The lowest BCUT2D eigenvalue weighted by atomic mass is 10.2. The molecule has 3 amide bonds. The quantitative estimate of drug-likeness (QED) is 0.572. The van der Waals surface area contributed by atoms with Crippen molar-refractivity contribution in [1.82, 2.24) is 15.8 Å². The fourth-order valence-corrected chi connectivity index (χ4v) is 3.39. The third kappa shape index (κ3) is 3.80. The van der Waals surface area contributed by atoms with E-state index in [1.54, 1.807) is 42.2 Å². The lowest BCUT2D eigenvalue weighted by Crippen LogP contribution is -2.41. The average Bonchev–Trinajstić information content (AvgIpc) is 2.90. The fraction of sp³-hybridized carbons (Fsp3) is 0.133. The van der Waals surface area contributed by atoms with Crippen molar-refractivity contribution in [1.29, 1.82) is 0 Å². The van der Waals surface area contributed by atoms with Gasteiger partial charge in [0.2, 0.25) is 5.91 Å². The van der Waals surface area contributed by atoms with Gasteiger partial charge in [0.1, 0.15) is 5.69 Å². The minimum Gasteiger partial charge on any atom is -0.356 e. The maximum Gasteiger partial charge on any atom is 0.286 e. The van der Waals surface area contributed by atoms with Crippen molar-refractivity contribution in [3.8, 4) is 0 Å². The Bertz CT molecular complexity index is 821. The van der Waals surface area contributed by atoms with Crippen LogP contribution in [0.25, 0.3) is 0 Å². The maximum absolute atomic E-state index is 12.2. The van der Waals surface area contributed by atoms with Crippen molar-refractivity contribution in [3.05, 3.63) is 46.2 Å². The molecule has 0 saturated carbocycles. The van der Waals surface area contributed by atoms with E-state index < -0.39 is 11.8 Å². The molecule has 0 fully saturated rings. The second-order valence-electron chi connectivity index (χ2n) is 5.00. The first-order valence-electron chi connectivity index (χ1n) is 7.04. The number of fused-ring (bicyclic) bond motifs is 1. The zero-order valence-electron chi connectivity index (χ0n) is 12.3. The number of anilines is 1. The number of hydrogen-bond donors (Lipinski definition) is 4. The molecule has 0 spiro atoms. The van der Waals surface area contributed by atoms with E-state index in [4.69, 9.17) is 0 Å². The Hall–Kier alpha value is -2.26. The van der Waals surface area contributed by atoms with Crippen LogP contribution in [0.1, 0.15) is 27.3 Å². The second kappa shape index (κ2) is 7.10. The van der Waals surface area contributed by atoms with Crippen LogP contribution in [0, 0.1) is 0 Å². The topological polar surface area (TPSA) is 103 Å². The molecule has 4 N–H and O–H groups in total. The largest absolute Gasteiger partial charge is 0.356 e. The summed E-state index contributed by atoms with van der Waals surface area (Å²) in [6.45, 7) is 0. The molecule has 1 aromatic carbocycles. The highest BCUT2D eigenvalue weighted by Gasteiger charge is 2.16. The van der Waals surface area contributed by atoms with Crippen LogP contribution in [0.5, 0.6) is 0 Å². The molecule has 3 rings (SSSR count). The minimum atomic E-state index is -0.472. The molecular weight excluding hydrogens is 396 g/mol. The Morgan fingerprint density at radius 3 is 2.71 bits per heavy atom. The smallest absolute Gasteiger partial charge is 0.286 e. The molecule has 9 heteroatoms. The molecule has 1 aliphatic rings. The third-order valence-electron chi connectivity index (χ3n) is 3.28. The molecular formula is C15H13BrN4O3S. The van der Waals surface area contributed by atoms with Crippen LogP contribution in [0.2, 0.25) is 0 Å². The first-order chi connectivity index (χ1) is 11.5. The first-order valence-corrected chi connectivity index (χ1v) is 8.82. The summed E-state index contributed by atoms with van der Waals surface area (Å²) in [6, 6.07) is 6.62. The van der Waals surface area contributed by atoms with Gasteiger partial charge in [0, 0.05) is 33.3 Å². The van der Waals surface area contributed by atoms with Crippen molar-refractivity contribution >= 4 is 51.1 Å². The second-order valence-corrected chi connectivity index (χ2v) is 7.05. The monoisotopic (exact) mass is 408 g/mol. The summed E-state index contributed by atoms with van der Waals surface area (Å²) in [4.78, 5) is 39.3. The molecule has 2 aromatic rings. The summed E-state index contributed by atoms with van der Waals surface area (Å²) in [5.74, 6) is -0.316. The highest BCUT2D eigenvalue weighted by Crippen LogP contribution is 2.31. The van der Waals surface area contributed by atoms with E-state index >= 15 is 0 Å². The number of aromatic amines is 1. The predicted molar refractivity (Wildman–Crippen MR) is 93.8 cm³/mol. The lowest BCUT2D eigenvalue weighted by molar-refractivity contribution is -0.115. The van der Waals surface area contributed by atoms with Gasteiger partial charge in [0.05, 0.1) is 5.69 Å². The van der Waals surface area contributed by atoms with Crippen LogP contribution in [-0.4, -0.2) is 28.5 Å².